The van der Waals surface area contributed by atoms with Crippen LogP contribution in [0.5, 0.6) is 0 Å². The van der Waals surface area contributed by atoms with Crippen LogP contribution in [-0.2, 0) is 0 Å². The van der Waals surface area contributed by atoms with Crippen LogP contribution in [0.2, 0.25) is 0 Å². The van der Waals surface area contributed by atoms with Crippen molar-refractivity contribution in [1.82, 2.24) is 10.6 Å². The summed E-state index contributed by atoms with van der Waals surface area (Å²) < 4.78 is 0. The van der Waals surface area contributed by atoms with Gasteiger partial charge in [-0.1, -0.05) is 19.8 Å². The van der Waals surface area contributed by atoms with E-state index in [0.717, 1.165) is 19.4 Å². The van der Waals surface area contributed by atoms with Gasteiger partial charge >= 0.3 is 6.03 Å². The number of amides is 2. The average Bonchev–Trinajstić information content (AvgIpc) is 2.85. The highest BCUT2D eigenvalue weighted by Gasteiger charge is 2.29. The number of nitrogens with one attached hydrogen (secondary N) is 2. The molecule has 14 heavy (non-hydrogen) atoms. The molecule has 3 heteroatoms. The maximum Gasteiger partial charge on any atom is 0.315 e. The van der Waals surface area contributed by atoms with E-state index in [0.29, 0.717) is 11.5 Å². The Morgan fingerprint density at radius 3 is 2.57 bits per heavy atom. The van der Waals surface area contributed by atoms with E-state index in [2.05, 4.69) is 17.6 Å². The van der Waals surface area contributed by atoms with Gasteiger partial charge in [0.25, 0.3) is 0 Å². The number of urea groups is 1. The Morgan fingerprint density at radius 2 is 2.00 bits per heavy atom. The van der Waals surface area contributed by atoms with Gasteiger partial charge in [-0.05, 0) is 31.1 Å². The maximum atomic E-state index is 11.4. The molecule has 3 nitrogen and oxygen atoms in total. The molecule has 0 bridgehead atoms. The normalized spacial score (nSPS) is 24.6. The van der Waals surface area contributed by atoms with Gasteiger partial charge in [-0.25, -0.2) is 4.79 Å². The standard InChI is InChI=1S/C11H20N2O/c1-11(6-2-3-7-11)8-12-10(14)13-9-4-5-9/h9H,2-8H2,1H3,(H2,12,13,14). The zero-order chi connectivity index (χ0) is 10.0. The first-order valence-corrected chi connectivity index (χ1v) is 5.72. The first kappa shape index (κ1) is 9.81. The number of carbonyl (C=O) groups is 1. The lowest BCUT2D eigenvalue weighted by Crippen LogP contribution is -2.41. The van der Waals surface area contributed by atoms with Crippen LogP contribution in [-0.4, -0.2) is 18.6 Å². The monoisotopic (exact) mass is 196 g/mol. The third kappa shape index (κ3) is 2.63. The molecule has 2 amide bonds. The van der Waals surface area contributed by atoms with E-state index in [1.807, 2.05) is 0 Å². The van der Waals surface area contributed by atoms with Crippen LogP contribution in [0.25, 0.3) is 0 Å². The third-order valence-corrected chi connectivity index (χ3v) is 3.40. The van der Waals surface area contributed by atoms with Crippen molar-refractivity contribution in [3.63, 3.8) is 0 Å². The van der Waals surface area contributed by atoms with E-state index in [4.69, 9.17) is 0 Å². The average molecular weight is 196 g/mol. The van der Waals surface area contributed by atoms with Crippen LogP contribution in [0.3, 0.4) is 0 Å². The van der Waals surface area contributed by atoms with Gasteiger partial charge in [-0.3, -0.25) is 0 Å². The second kappa shape index (κ2) is 3.79. The number of rotatable bonds is 3. The van der Waals surface area contributed by atoms with Crippen molar-refractivity contribution in [2.24, 2.45) is 5.41 Å². The van der Waals surface area contributed by atoms with Crippen LogP contribution in [0.15, 0.2) is 0 Å². The minimum absolute atomic E-state index is 0.0284. The van der Waals surface area contributed by atoms with Gasteiger partial charge in [0.15, 0.2) is 0 Å². The lowest BCUT2D eigenvalue weighted by atomic mass is 9.89. The molecule has 0 aromatic heterocycles. The van der Waals surface area contributed by atoms with E-state index in [1.54, 1.807) is 0 Å². The van der Waals surface area contributed by atoms with E-state index in [9.17, 15) is 4.79 Å². The van der Waals surface area contributed by atoms with Gasteiger partial charge in [-0.15, -0.1) is 0 Å². The number of carbonyl (C=O) groups excluding carboxylic acids is 1. The fraction of sp³-hybridized carbons (Fsp3) is 0.909. The van der Waals surface area contributed by atoms with Crippen molar-refractivity contribution in [1.29, 1.82) is 0 Å². The summed E-state index contributed by atoms with van der Waals surface area (Å²) in [5.41, 5.74) is 0.362. The zero-order valence-electron chi connectivity index (χ0n) is 8.94. The fourth-order valence-electron chi connectivity index (χ4n) is 2.16. The van der Waals surface area contributed by atoms with Crippen molar-refractivity contribution >= 4 is 6.03 Å². The van der Waals surface area contributed by atoms with Gasteiger partial charge in [-0.2, -0.15) is 0 Å². The predicted molar refractivity (Wildman–Crippen MR) is 56.1 cm³/mol. The molecule has 80 valence electrons. The van der Waals surface area contributed by atoms with Gasteiger partial charge in [0.1, 0.15) is 0 Å². The highest BCUT2D eigenvalue weighted by Crippen LogP contribution is 2.36. The molecule has 0 aromatic rings. The molecule has 2 saturated carbocycles. The summed E-state index contributed by atoms with van der Waals surface area (Å²) in [6, 6.07) is 0.493. The largest absolute Gasteiger partial charge is 0.338 e. The van der Waals surface area contributed by atoms with Crippen LogP contribution < -0.4 is 10.6 Å². The van der Waals surface area contributed by atoms with Gasteiger partial charge in [0.05, 0.1) is 0 Å². The minimum atomic E-state index is 0.0284. The van der Waals surface area contributed by atoms with Gasteiger partial charge in [0, 0.05) is 12.6 Å². The predicted octanol–water partition coefficient (Wildman–Crippen LogP) is 2.03. The molecule has 2 fully saturated rings. The summed E-state index contributed by atoms with van der Waals surface area (Å²) in [6.45, 7) is 3.11. The molecule has 0 atom stereocenters. The molecule has 2 aliphatic carbocycles. The van der Waals surface area contributed by atoms with Gasteiger partial charge in [0.2, 0.25) is 0 Å². The number of hydrogen-bond donors (Lipinski definition) is 2. The Kier molecular flexibility index (Phi) is 2.66. The Labute approximate surface area is 85.6 Å². The van der Waals surface area contributed by atoms with Crippen LogP contribution in [0, 0.1) is 5.41 Å². The van der Waals surface area contributed by atoms with Crippen LogP contribution in [0.1, 0.15) is 45.4 Å². The minimum Gasteiger partial charge on any atom is -0.338 e. The van der Waals surface area contributed by atoms with Crippen LogP contribution >= 0.6 is 0 Å². The molecule has 0 saturated heterocycles. The van der Waals surface area contributed by atoms with Crippen LogP contribution in [0.4, 0.5) is 4.79 Å². The van der Waals surface area contributed by atoms with Crippen molar-refractivity contribution in [3.05, 3.63) is 0 Å². The molecule has 0 aromatic carbocycles. The molecule has 2 aliphatic rings. The van der Waals surface area contributed by atoms with E-state index in [1.165, 1.54) is 25.7 Å². The smallest absolute Gasteiger partial charge is 0.315 e. The fourth-order valence-corrected chi connectivity index (χ4v) is 2.16. The van der Waals surface area contributed by atoms with Crippen molar-refractivity contribution in [3.8, 4) is 0 Å². The second-order valence-corrected chi connectivity index (χ2v) is 5.12. The Morgan fingerprint density at radius 1 is 1.36 bits per heavy atom. The SMILES string of the molecule is CC1(CNC(=O)NC2CC2)CCCC1. The summed E-state index contributed by atoms with van der Waals surface area (Å²) in [5, 5.41) is 5.93. The van der Waals surface area contributed by atoms with E-state index in [-0.39, 0.29) is 6.03 Å². The second-order valence-electron chi connectivity index (χ2n) is 5.12. The Hall–Kier alpha value is -0.730. The van der Waals surface area contributed by atoms with Crippen molar-refractivity contribution < 1.29 is 4.79 Å². The third-order valence-electron chi connectivity index (χ3n) is 3.40. The topological polar surface area (TPSA) is 41.1 Å². The Balaban J connectivity index is 1.67. The Bertz CT molecular complexity index is 217. The van der Waals surface area contributed by atoms with E-state index < -0.39 is 0 Å². The molecule has 0 aliphatic heterocycles. The summed E-state index contributed by atoms with van der Waals surface area (Å²) in [7, 11) is 0. The van der Waals surface area contributed by atoms with Gasteiger partial charge < -0.3 is 10.6 Å². The molecular weight excluding hydrogens is 176 g/mol. The quantitative estimate of drug-likeness (QED) is 0.712. The lowest BCUT2D eigenvalue weighted by Gasteiger charge is -2.23. The molecule has 0 unspecified atom stereocenters. The first-order valence-electron chi connectivity index (χ1n) is 5.72. The molecular formula is C11H20N2O. The molecule has 0 heterocycles. The highest BCUT2D eigenvalue weighted by atomic mass is 16.2. The summed E-state index contributed by atoms with van der Waals surface area (Å²) in [5.74, 6) is 0. The summed E-state index contributed by atoms with van der Waals surface area (Å²) in [6.07, 6.45) is 7.48. The molecule has 2 rings (SSSR count). The first-order chi connectivity index (χ1) is 6.68. The zero-order valence-corrected chi connectivity index (χ0v) is 8.94. The highest BCUT2D eigenvalue weighted by molar-refractivity contribution is 5.74. The van der Waals surface area contributed by atoms with Crippen molar-refractivity contribution in [2.75, 3.05) is 6.54 Å². The maximum absolute atomic E-state index is 11.4. The van der Waals surface area contributed by atoms with E-state index >= 15 is 0 Å². The summed E-state index contributed by atoms with van der Waals surface area (Å²) in [4.78, 5) is 11.4. The summed E-state index contributed by atoms with van der Waals surface area (Å²) >= 11 is 0. The lowest BCUT2D eigenvalue weighted by molar-refractivity contribution is 0.231. The molecule has 0 spiro atoms. The number of hydrogen-bond acceptors (Lipinski definition) is 1. The van der Waals surface area contributed by atoms with Crippen molar-refractivity contribution in [2.45, 2.75) is 51.5 Å². The molecule has 0 radical (unpaired) electrons. The molecule has 2 N–H and O–H groups in total.